The zero-order valence-corrected chi connectivity index (χ0v) is 9.19. The number of rotatable bonds is 4. The smallest absolute Gasteiger partial charge is 0.330 e. The largest absolute Gasteiger partial charge is 0.339 e. The van der Waals surface area contributed by atoms with Crippen molar-refractivity contribution in [3.05, 3.63) is 0 Å². The zero-order valence-electron chi connectivity index (χ0n) is 9.19. The van der Waals surface area contributed by atoms with Crippen LogP contribution in [0.15, 0.2) is 0 Å². The summed E-state index contributed by atoms with van der Waals surface area (Å²) in [5.74, 6) is -1.82. The number of amides is 2. The topological polar surface area (TPSA) is 80.8 Å². The predicted molar refractivity (Wildman–Crippen MR) is 51.6 cm³/mol. The lowest BCUT2D eigenvalue weighted by atomic mass is 9.90. The molecule has 88 valence electrons. The summed E-state index contributed by atoms with van der Waals surface area (Å²) in [7, 11) is 0. The normalized spacial score (nSPS) is 16.5. The highest BCUT2D eigenvalue weighted by molar-refractivity contribution is 6.01. The second-order valence-corrected chi connectivity index (χ2v) is 4.22. The van der Waals surface area contributed by atoms with Gasteiger partial charge in [0.05, 0.1) is 5.41 Å². The molecule has 1 aliphatic heterocycles. The molecule has 0 saturated carbocycles. The first-order valence-electron chi connectivity index (χ1n) is 4.90. The molecule has 0 aliphatic carbocycles. The van der Waals surface area contributed by atoms with E-state index in [-0.39, 0.29) is 19.3 Å². The summed E-state index contributed by atoms with van der Waals surface area (Å²) in [6.07, 6.45) is 0.678. The first-order valence-corrected chi connectivity index (χ1v) is 4.90. The van der Waals surface area contributed by atoms with Crippen LogP contribution < -0.4 is 0 Å². The van der Waals surface area contributed by atoms with Crippen LogP contribution in [-0.2, 0) is 24.0 Å². The standard InChI is InChI=1S/C10H13NO5/c1-10(2,5-6-12)9(15)16-11-7(13)3-4-8(11)14/h6H,3-5H2,1-2H3. The molecular weight excluding hydrogens is 214 g/mol. The van der Waals surface area contributed by atoms with Crippen molar-refractivity contribution in [3.63, 3.8) is 0 Å². The number of carbonyl (C=O) groups is 4. The van der Waals surface area contributed by atoms with E-state index < -0.39 is 23.2 Å². The van der Waals surface area contributed by atoms with Crippen LogP contribution in [-0.4, -0.2) is 29.1 Å². The first-order chi connectivity index (χ1) is 7.38. The van der Waals surface area contributed by atoms with Crippen LogP contribution in [0.3, 0.4) is 0 Å². The summed E-state index contributed by atoms with van der Waals surface area (Å²) in [6, 6.07) is 0. The van der Waals surface area contributed by atoms with Crippen molar-refractivity contribution >= 4 is 24.1 Å². The molecule has 0 unspecified atom stereocenters. The Morgan fingerprint density at radius 3 is 2.31 bits per heavy atom. The first kappa shape index (κ1) is 12.4. The van der Waals surface area contributed by atoms with Gasteiger partial charge in [-0.05, 0) is 13.8 Å². The van der Waals surface area contributed by atoms with Crippen LogP contribution in [0, 0.1) is 5.41 Å². The number of nitrogens with zero attached hydrogens (tertiary/aromatic N) is 1. The fourth-order valence-electron chi connectivity index (χ4n) is 1.16. The van der Waals surface area contributed by atoms with Gasteiger partial charge >= 0.3 is 5.97 Å². The fraction of sp³-hybridized carbons (Fsp3) is 0.600. The van der Waals surface area contributed by atoms with Gasteiger partial charge in [-0.1, -0.05) is 0 Å². The van der Waals surface area contributed by atoms with E-state index in [0.29, 0.717) is 11.3 Å². The Morgan fingerprint density at radius 1 is 1.38 bits per heavy atom. The van der Waals surface area contributed by atoms with Crippen molar-refractivity contribution in [2.75, 3.05) is 0 Å². The molecule has 0 aromatic rings. The van der Waals surface area contributed by atoms with Gasteiger partial charge in [0, 0.05) is 19.3 Å². The summed E-state index contributed by atoms with van der Waals surface area (Å²) in [5.41, 5.74) is -1.04. The Hall–Kier alpha value is -1.72. The third-order valence-corrected chi connectivity index (χ3v) is 2.33. The molecule has 0 spiro atoms. The minimum absolute atomic E-state index is 0.0257. The Kier molecular flexibility index (Phi) is 3.41. The molecule has 6 nitrogen and oxygen atoms in total. The van der Waals surface area contributed by atoms with E-state index >= 15 is 0 Å². The van der Waals surface area contributed by atoms with Gasteiger partial charge in [-0.15, -0.1) is 5.06 Å². The molecule has 1 saturated heterocycles. The summed E-state index contributed by atoms with van der Waals surface area (Å²) in [4.78, 5) is 48.9. The molecule has 1 rings (SSSR count). The molecule has 16 heavy (non-hydrogen) atoms. The molecule has 0 aromatic carbocycles. The summed E-state index contributed by atoms with van der Waals surface area (Å²) in [5, 5.41) is 0.481. The van der Waals surface area contributed by atoms with Gasteiger partial charge in [0.2, 0.25) is 0 Å². The second-order valence-electron chi connectivity index (χ2n) is 4.22. The van der Waals surface area contributed by atoms with Crippen LogP contribution in [0.25, 0.3) is 0 Å². The quantitative estimate of drug-likeness (QED) is 0.506. The number of aldehydes is 1. The molecule has 2 amide bonds. The van der Waals surface area contributed by atoms with Gasteiger partial charge in [0.25, 0.3) is 11.8 Å². The van der Waals surface area contributed by atoms with E-state index in [1.54, 1.807) is 0 Å². The average molecular weight is 227 g/mol. The summed E-state index contributed by atoms with van der Waals surface area (Å²) in [6.45, 7) is 3.02. The SMILES string of the molecule is CC(C)(CC=O)C(=O)ON1C(=O)CCC1=O. The molecular formula is C10H13NO5. The maximum absolute atomic E-state index is 11.6. The number of carbonyl (C=O) groups excluding carboxylic acids is 4. The summed E-state index contributed by atoms with van der Waals surface area (Å²) < 4.78 is 0. The second kappa shape index (κ2) is 4.42. The molecule has 0 bridgehead atoms. The third kappa shape index (κ3) is 2.44. The number of imide groups is 1. The Morgan fingerprint density at radius 2 is 1.88 bits per heavy atom. The lowest BCUT2D eigenvalue weighted by Gasteiger charge is -2.22. The van der Waals surface area contributed by atoms with E-state index in [2.05, 4.69) is 4.84 Å². The number of hydrogen-bond acceptors (Lipinski definition) is 5. The van der Waals surface area contributed by atoms with E-state index in [9.17, 15) is 19.2 Å². The maximum atomic E-state index is 11.6. The molecule has 0 N–H and O–H groups in total. The molecule has 6 heteroatoms. The van der Waals surface area contributed by atoms with Crippen molar-refractivity contribution in [2.24, 2.45) is 5.41 Å². The molecule has 0 radical (unpaired) electrons. The van der Waals surface area contributed by atoms with Gasteiger partial charge in [0.15, 0.2) is 0 Å². The minimum atomic E-state index is -1.04. The Bertz CT molecular complexity index is 331. The van der Waals surface area contributed by atoms with Crippen molar-refractivity contribution in [1.29, 1.82) is 0 Å². The van der Waals surface area contributed by atoms with Gasteiger partial charge in [-0.2, -0.15) is 0 Å². The van der Waals surface area contributed by atoms with E-state index in [1.807, 2.05) is 0 Å². The molecule has 0 aromatic heterocycles. The van der Waals surface area contributed by atoms with E-state index in [1.165, 1.54) is 13.8 Å². The average Bonchev–Trinajstić information content (AvgIpc) is 2.49. The highest BCUT2D eigenvalue weighted by Crippen LogP contribution is 2.23. The van der Waals surface area contributed by atoms with Crippen molar-refractivity contribution < 1.29 is 24.0 Å². The van der Waals surface area contributed by atoms with Crippen LogP contribution in [0.2, 0.25) is 0 Å². The van der Waals surface area contributed by atoms with Crippen molar-refractivity contribution in [2.45, 2.75) is 33.1 Å². The van der Waals surface area contributed by atoms with Gasteiger partial charge in [-0.3, -0.25) is 9.59 Å². The van der Waals surface area contributed by atoms with E-state index in [0.717, 1.165) is 0 Å². The Labute approximate surface area is 92.5 Å². The highest BCUT2D eigenvalue weighted by atomic mass is 16.7. The van der Waals surface area contributed by atoms with Crippen LogP contribution in [0.5, 0.6) is 0 Å². The van der Waals surface area contributed by atoms with Gasteiger partial charge in [0.1, 0.15) is 6.29 Å². The van der Waals surface area contributed by atoms with Crippen LogP contribution in [0.4, 0.5) is 0 Å². The van der Waals surface area contributed by atoms with Gasteiger partial charge < -0.3 is 9.63 Å². The van der Waals surface area contributed by atoms with Crippen LogP contribution in [0.1, 0.15) is 33.1 Å². The number of hydrogen-bond donors (Lipinski definition) is 0. The predicted octanol–water partition coefficient (Wildman–Crippen LogP) is 0.209. The molecule has 1 heterocycles. The highest BCUT2D eigenvalue weighted by Gasteiger charge is 2.37. The molecule has 1 aliphatic rings. The monoisotopic (exact) mass is 227 g/mol. The molecule has 0 atom stereocenters. The lowest BCUT2D eigenvalue weighted by Crippen LogP contribution is -2.37. The van der Waals surface area contributed by atoms with Crippen molar-refractivity contribution in [1.82, 2.24) is 5.06 Å². The lowest BCUT2D eigenvalue weighted by molar-refractivity contribution is -0.204. The maximum Gasteiger partial charge on any atom is 0.339 e. The fourth-order valence-corrected chi connectivity index (χ4v) is 1.16. The minimum Gasteiger partial charge on any atom is -0.330 e. The third-order valence-electron chi connectivity index (χ3n) is 2.33. The van der Waals surface area contributed by atoms with Gasteiger partial charge in [-0.25, -0.2) is 4.79 Å². The van der Waals surface area contributed by atoms with E-state index in [4.69, 9.17) is 0 Å². The van der Waals surface area contributed by atoms with Crippen molar-refractivity contribution in [3.8, 4) is 0 Å². The summed E-state index contributed by atoms with van der Waals surface area (Å²) >= 11 is 0. The Balaban J connectivity index is 2.67. The molecule has 1 fully saturated rings. The number of hydroxylamine groups is 2. The van der Waals surface area contributed by atoms with Crippen LogP contribution >= 0.6 is 0 Å². The zero-order chi connectivity index (χ0) is 12.3.